The molecule has 10 heteroatoms. The Balaban J connectivity index is 1.23. The lowest BCUT2D eigenvalue weighted by Gasteiger charge is -2.34. The number of hydrogen-bond acceptors (Lipinski definition) is 5. The van der Waals surface area contributed by atoms with Gasteiger partial charge in [-0.1, -0.05) is 35.0 Å². The standard InChI is InChI=1S/C23H21ClFN5O3/c24-17-3-1-2-16(12-17)22(31)28-8-10-29(11-9-28)23(32)21-19-14-33-20(13-30(19)27-26-21)15-4-6-18(25)7-5-15/h1-7,12,20H,8-11,13-14H2/t20-/m0/s1. The normalized spacial score (nSPS) is 18.2. The molecule has 170 valence electrons. The van der Waals surface area contributed by atoms with Gasteiger partial charge >= 0.3 is 0 Å². The molecule has 0 unspecified atom stereocenters. The molecule has 2 aromatic carbocycles. The van der Waals surface area contributed by atoms with Crippen molar-refractivity contribution in [2.45, 2.75) is 19.3 Å². The molecule has 3 aromatic rings. The molecule has 5 rings (SSSR count). The third-order valence-corrected chi connectivity index (χ3v) is 6.20. The lowest BCUT2D eigenvalue weighted by Crippen LogP contribution is -2.50. The molecule has 33 heavy (non-hydrogen) atoms. The zero-order valence-electron chi connectivity index (χ0n) is 17.7. The van der Waals surface area contributed by atoms with Gasteiger partial charge in [0.05, 0.1) is 18.8 Å². The van der Waals surface area contributed by atoms with Crippen LogP contribution in [0.1, 0.15) is 38.2 Å². The van der Waals surface area contributed by atoms with Crippen molar-refractivity contribution in [2.24, 2.45) is 0 Å². The maximum atomic E-state index is 13.2. The Hall–Kier alpha value is -3.30. The molecular formula is C23H21ClFN5O3. The summed E-state index contributed by atoms with van der Waals surface area (Å²) >= 11 is 5.99. The van der Waals surface area contributed by atoms with Crippen molar-refractivity contribution in [3.8, 4) is 0 Å². The molecule has 2 aliphatic heterocycles. The van der Waals surface area contributed by atoms with Gasteiger partial charge in [-0.25, -0.2) is 9.07 Å². The lowest BCUT2D eigenvalue weighted by atomic mass is 10.1. The van der Waals surface area contributed by atoms with E-state index >= 15 is 0 Å². The molecule has 2 amide bonds. The summed E-state index contributed by atoms with van der Waals surface area (Å²) in [5, 5.41) is 8.77. The van der Waals surface area contributed by atoms with Gasteiger partial charge in [-0.3, -0.25) is 9.59 Å². The smallest absolute Gasteiger partial charge is 0.276 e. The number of aromatic nitrogens is 3. The number of carbonyl (C=O) groups is 2. The van der Waals surface area contributed by atoms with Gasteiger partial charge in [0.15, 0.2) is 5.69 Å². The summed E-state index contributed by atoms with van der Waals surface area (Å²) in [5.41, 5.74) is 2.26. The highest BCUT2D eigenvalue weighted by molar-refractivity contribution is 6.30. The monoisotopic (exact) mass is 469 g/mol. The Morgan fingerprint density at radius 3 is 2.39 bits per heavy atom. The van der Waals surface area contributed by atoms with E-state index < -0.39 is 0 Å². The number of benzene rings is 2. The molecule has 0 N–H and O–H groups in total. The maximum absolute atomic E-state index is 13.2. The first-order chi connectivity index (χ1) is 16.0. The van der Waals surface area contributed by atoms with E-state index in [4.69, 9.17) is 16.3 Å². The molecule has 1 saturated heterocycles. The molecule has 1 fully saturated rings. The second-order valence-corrected chi connectivity index (χ2v) is 8.45. The van der Waals surface area contributed by atoms with Crippen LogP contribution in [0.5, 0.6) is 0 Å². The molecule has 1 atom stereocenters. The van der Waals surface area contributed by atoms with Crippen LogP contribution in [-0.4, -0.2) is 62.8 Å². The van der Waals surface area contributed by atoms with Crippen LogP contribution >= 0.6 is 11.6 Å². The third kappa shape index (κ3) is 4.34. The summed E-state index contributed by atoms with van der Waals surface area (Å²) in [4.78, 5) is 29.2. The average Bonchev–Trinajstić information content (AvgIpc) is 3.27. The van der Waals surface area contributed by atoms with Crippen LogP contribution in [0.2, 0.25) is 5.02 Å². The van der Waals surface area contributed by atoms with E-state index in [2.05, 4.69) is 10.3 Å². The van der Waals surface area contributed by atoms with E-state index in [1.807, 2.05) is 0 Å². The zero-order valence-corrected chi connectivity index (χ0v) is 18.4. The molecule has 0 aliphatic carbocycles. The Morgan fingerprint density at radius 2 is 1.70 bits per heavy atom. The third-order valence-electron chi connectivity index (χ3n) is 5.97. The maximum Gasteiger partial charge on any atom is 0.276 e. The highest BCUT2D eigenvalue weighted by Crippen LogP contribution is 2.27. The quantitative estimate of drug-likeness (QED) is 0.589. The fraction of sp³-hybridized carbons (Fsp3) is 0.304. The largest absolute Gasteiger partial charge is 0.365 e. The minimum Gasteiger partial charge on any atom is -0.365 e. The highest BCUT2D eigenvalue weighted by atomic mass is 35.5. The van der Waals surface area contributed by atoms with Crippen molar-refractivity contribution in [1.82, 2.24) is 24.8 Å². The molecule has 0 radical (unpaired) electrons. The minimum absolute atomic E-state index is 0.106. The SMILES string of the molecule is O=C(c1cccc(Cl)c1)N1CCN(C(=O)c2nnn3c2CO[C@H](c2ccc(F)cc2)C3)CC1. The van der Waals surface area contributed by atoms with E-state index in [1.165, 1.54) is 12.1 Å². The Bertz CT molecular complexity index is 1190. The van der Waals surface area contributed by atoms with Crippen molar-refractivity contribution in [3.05, 3.63) is 81.9 Å². The topological polar surface area (TPSA) is 80.6 Å². The van der Waals surface area contributed by atoms with Gasteiger partial charge in [-0.05, 0) is 35.9 Å². The molecule has 1 aromatic heterocycles. The number of nitrogens with zero attached hydrogens (tertiary/aromatic N) is 5. The van der Waals surface area contributed by atoms with Crippen LogP contribution in [0.25, 0.3) is 0 Å². The predicted octanol–water partition coefficient (Wildman–Crippen LogP) is 2.94. The Labute approximate surface area is 194 Å². The summed E-state index contributed by atoms with van der Waals surface area (Å²) in [6, 6.07) is 13.0. The van der Waals surface area contributed by atoms with Gasteiger partial charge in [0.1, 0.15) is 11.9 Å². The van der Waals surface area contributed by atoms with E-state index in [9.17, 15) is 14.0 Å². The van der Waals surface area contributed by atoms with Crippen molar-refractivity contribution in [2.75, 3.05) is 26.2 Å². The fourth-order valence-corrected chi connectivity index (χ4v) is 4.31. The van der Waals surface area contributed by atoms with Gasteiger partial charge < -0.3 is 14.5 Å². The summed E-state index contributed by atoms with van der Waals surface area (Å²) in [6.45, 7) is 2.22. The molecule has 0 bridgehead atoms. The van der Waals surface area contributed by atoms with Gasteiger partial charge in [0.2, 0.25) is 0 Å². The summed E-state index contributed by atoms with van der Waals surface area (Å²) in [5.74, 6) is -0.640. The highest BCUT2D eigenvalue weighted by Gasteiger charge is 2.32. The fourth-order valence-electron chi connectivity index (χ4n) is 4.12. The Kier molecular flexibility index (Phi) is 5.82. The van der Waals surface area contributed by atoms with Crippen LogP contribution in [-0.2, 0) is 17.9 Å². The second-order valence-electron chi connectivity index (χ2n) is 8.01. The van der Waals surface area contributed by atoms with Crippen molar-refractivity contribution < 1.29 is 18.7 Å². The number of carbonyl (C=O) groups excluding carboxylic acids is 2. The van der Waals surface area contributed by atoms with Crippen LogP contribution in [0.15, 0.2) is 48.5 Å². The first-order valence-electron chi connectivity index (χ1n) is 10.6. The molecule has 0 saturated carbocycles. The number of ether oxygens (including phenoxy) is 1. The Morgan fingerprint density at radius 1 is 1.00 bits per heavy atom. The van der Waals surface area contributed by atoms with E-state index in [-0.39, 0.29) is 36.0 Å². The predicted molar refractivity (Wildman–Crippen MR) is 117 cm³/mol. The van der Waals surface area contributed by atoms with Crippen LogP contribution in [0.4, 0.5) is 4.39 Å². The van der Waals surface area contributed by atoms with Gasteiger partial charge in [0, 0.05) is 36.8 Å². The van der Waals surface area contributed by atoms with Crippen LogP contribution in [0, 0.1) is 5.82 Å². The zero-order chi connectivity index (χ0) is 22.9. The lowest BCUT2D eigenvalue weighted by molar-refractivity contribution is -0.00206. The second kappa shape index (κ2) is 8.92. The minimum atomic E-state index is -0.307. The van der Waals surface area contributed by atoms with E-state index in [0.29, 0.717) is 49.0 Å². The number of halogens is 2. The number of piperazine rings is 1. The number of fused-ring (bicyclic) bond motifs is 1. The van der Waals surface area contributed by atoms with Gasteiger partial charge in [-0.15, -0.1) is 5.10 Å². The number of hydrogen-bond donors (Lipinski definition) is 0. The van der Waals surface area contributed by atoms with Gasteiger partial charge in [-0.2, -0.15) is 0 Å². The molecular weight excluding hydrogens is 449 g/mol. The molecule has 2 aliphatic rings. The summed E-state index contributed by atoms with van der Waals surface area (Å²) in [7, 11) is 0. The summed E-state index contributed by atoms with van der Waals surface area (Å²) < 4.78 is 20.8. The van der Waals surface area contributed by atoms with Crippen molar-refractivity contribution in [3.63, 3.8) is 0 Å². The number of amides is 2. The first-order valence-corrected chi connectivity index (χ1v) is 11.0. The summed E-state index contributed by atoms with van der Waals surface area (Å²) in [6.07, 6.45) is -0.288. The molecule has 8 nitrogen and oxygen atoms in total. The average molecular weight is 470 g/mol. The van der Waals surface area contributed by atoms with Crippen molar-refractivity contribution >= 4 is 23.4 Å². The number of rotatable bonds is 3. The molecule has 3 heterocycles. The van der Waals surface area contributed by atoms with E-state index in [0.717, 1.165) is 5.56 Å². The van der Waals surface area contributed by atoms with Gasteiger partial charge in [0.25, 0.3) is 11.8 Å². The van der Waals surface area contributed by atoms with E-state index in [1.54, 1.807) is 50.9 Å². The van der Waals surface area contributed by atoms with Crippen LogP contribution < -0.4 is 0 Å². The molecule has 0 spiro atoms. The van der Waals surface area contributed by atoms with Crippen LogP contribution in [0.3, 0.4) is 0 Å². The van der Waals surface area contributed by atoms with Crippen molar-refractivity contribution in [1.29, 1.82) is 0 Å². The first kappa shape index (κ1) is 21.5.